The summed E-state index contributed by atoms with van der Waals surface area (Å²) >= 11 is 0. The maximum Gasteiger partial charge on any atom is 0.200 e. The molecule has 0 amide bonds. The van der Waals surface area contributed by atoms with Crippen LogP contribution in [0.4, 0.5) is 0 Å². The fourth-order valence-electron chi connectivity index (χ4n) is 1.62. The second-order valence-corrected chi connectivity index (χ2v) is 3.42. The summed E-state index contributed by atoms with van der Waals surface area (Å²) in [5.41, 5.74) is 0.864. The Morgan fingerprint density at radius 3 is 1.79 bits per heavy atom. The lowest BCUT2D eigenvalue weighted by Gasteiger charge is -2.14. The van der Waals surface area contributed by atoms with Crippen LogP contribution in [0, 0.1) is 0 Å². The number of phenolic OH excluding ortho intramolecular Hbond substituents is 3. The van der Waals surface area contributed by atoms with E-state index in [0.29, 0.717) is 5.92 Å². The summed E-state index contributed by atoms with van der Waals surface area (Å²) in [6.07, 6.45) is 1.89. The van der Waals surface area contributed by atoms with Gasteiger partial charge in [-0.05, 0) is 36.5 Å². The Bertz CT molecular complexity index is 293. The first-order valence-electron chi connectivity index (χ1n) is 4.84. The lowest BCUT2D eigenvalue weighted by atomic mass is 9.93. The predicted molar refractivity (Wildman–Crippen MR) is 54.8 cm³/mol. The predicted octanol–water partition coefficient (Wildman–Crippen LogP) is 2.71. The second kappa shape index (κ2) is 4.22. The van der Waals surface area contributed by atoms with Crippen molar-refractivity contribution in [3.8, 4) is 17.2 Å². The van der Waals surface area contributed by atoms with Crippen LogP contribution in [-0.2, 0) is 0 Å². The number of phenols is 3. The van der Waals surface area contributed by atoms with Gasteiger partial charge in [0.15, 0.2) is 17.2 Å². The molecule has 14 heavy (non-hydrogen) atoms. The average molecular weight is 196 g/mol. The minimum Gasteiger partial charge on any atom is -0.504 e. The smallest absolute Gasteiger partial charge is 0.200 e. The van der Waals surface area contributed by atoms with Gasteiger partial charge >= 0.3 is 0 Å². The fraction of sp³-hybridized carbons (Fsp3) is 0.455. The number of hydrogen-bond donors (Lipinski definition) is 3. The van der Waals surface area contributed by atoms with Gasteiger partial charge in [0, 0.05) is 0 Å². The molecule has 0 atom stereocenters. The van der Waals surface area contributed by atoms with Gasteiger partial charge in [-0.2, -0.15) is 0 Å². The third kappa shape index (κ3) is 1.92. The van der Waals surface area contributed by atoms with Crippen LogP contribution in [0.5, 0.6) is 17.2 Å². The van der Waals surface area contributed by atoms with Crippen LogP contribution in [0.3, 0.4) is 0 Å². The third-order valence-electron chi connectivity index (χ3n) is 2.55. The van der Waals surface area contributed by atoms with Gasteiger partial charge in [0.25, 0.3) is 0 Å². The molecule has 0 fully saturated rings. The summed E-state index contributed by atoms with van der Waals surface area (Å²) in [6.45, 7) is 4.10. The molecule has 0 spiro atoms. The number of hydrogen-bond acceptors (Lipinski definition) is 3. The van der Waals surface area contributed by atoms with Crippen LogP contribution in [0.1, 0.15) is 38.2 Å². The minimum atomic E-state index is -0.445. The Morgan fingerprint density at radius 1 is 1.00 bits per heavy atom. The van der Waals surface area contributed by atoms with Crippen LogP contribution in [-0.4, -0.2) is 15.3 Å². The maximum atomic E-state index is 9.31. The Kier molecular flexibility index (Phi) is 3.23. The molecule has 1 aromatic carbocycles. The summed E-state index contributed by atoms with van der Waals surface area (Å²) in [4.78, 5) is 0. The van der Waals surface area contributed by atoms with E-state index in [9.17, 15) is 10.2 Å². The van der Waals surface area contributed by atoms with Crippen molar-refractivity contribution in [1.29, 1.82) is 0 Å². The van der Waals surface area contributed by atoms with Crippen LogP contribution >= 0.6 is 0 Å². The van der Waals surface area contributed by atoms with E-state index in [0.717, 1.165) is 18.4 Å². The van der Waals surface area contributed by atoms with Crippen molar-refractivity contribution >= 4 is 0 Å². The highest BCUT2D eigenvalue weighted by Crippen LogP contribution is 2.38. The van der Waals surface area contributed by atoms with Gasteiger partial charge in [-0.25, -0.2) is 0 Å². The van der Waals surface area contributed by atoms with Gasteiger partial charge in [0.1, 0.15) is 0 Å². The Morgan fingerprint density at radius 2 is 1.43 bits per heavy atom. The van der Waals surface area contributed by atoms with Crippen molar-refractivity contribution in [2.75, 3.05) is 0 Å². The second-order valence-electron chi connectivity index (χ2n) is 3.42. The average Bonchev–Trinajstić information content (AvgIpc) is 2.16. The molecule has 0 radical (unpaired) electrons. The molecular formula is C11H16O3. The SMILES string of the molecule is CCC(CC)c1cc(O)c(O)c(O)c1. The van der Waals surface area contributed by atoms with Crippen LogP contribution in [0.25, 0.3) is 0 Å². The van der Waals surface area contributed by atoms with E-state index in [4.69, 9.17) is 5.11 Å². The van der Waals surface area contributed by atoms with Crippen LogP contribution in [0.15, 0.2) is 12.1 Å². The summed E-state index contributed by atoms with van der Waals surface area (Å²) in [6, 6.07) is 3.01. The van der Waals surface area contributed by atoms with E-state index in [1.807, 2.05) is 0 Å². The Hall–Kier alpha value is -1.38. The molecule has 3 heteroatoms. The topological polar surface area (TPSA) is 60.7 Å². The number of rotatable bonds is 3. The zero-order valence-electron chi connectivity index (χ0n) is 8.49. The van der Waals surface area contributed by atoms with Crippen molar-refractivity contribution in [3.63, 3.8) is 0 Å². The van der Waals surface area contributed by atoms with Gasteiger partial charge in [-0.1, -0.05) is 13.8 Å². The van der Waals surface area contributed by atoms with E-state index in [1.54, 1.807) is 0 Å². The van der Waals surface area contributed by atoms with E-state index in [1.165, 1.54) is 12.1 Å². The first kappa shape index (κ1) is 10.7. The molecule has 0 aromatic heterocycles. The zero-order chi connectivity index (χ0) is 10.7. The first-order chi connectivity index (χ1) is 6.60. The van der Waals surface area contributed by atoms with Gasteiger partial charge in [-0.15, -0.1) is 0 Å². The molecule has 0 aliphatic rings. The third-order valence-corrected chi connectivity index (χ3v) is 2.55. The zero-order valence-corrected chi connectivity index (χ0v) is 8.49. The molecule has 1 rings (SSSR count). The van der Waals surface area contributed by atoms with Crippen LogP contribution in [0.2, 0.25) is 0 Å². The minimum absolute atomic E-state index is 0.257. The molecule has 1 aromatic rings. The van der Waals surface area contributed by atoms with Gasteiger partial charge < -0.3 is 15.3 Å². The molecule has 0 aliphatic heterocycles. The molecule has 0 aliphatic carbocycles. The normalized spacial score (nSPS) is 10.8. The standard InChI is InChI=1S/C11H16O3/c1-3-7(4-2)8-5-9(12)11(14)10(13)6-8/h5-7,12-14H,3-4H2,1-2H3. The van der Waals surface area contributed by atoms with Gasteiger partial charge in [0.05, 0.1) is 0 Å². The summed E-state index contributed by atoms with van der Waals surface area (Å²) < 4.78 is 0. The Labute approximate surface area is 83.6 Å². The summed E-state index contributed by atoms with van der Waals surface area (Å²) in [7, 11) is 0. The van der Waals surface area contributed by atoms with Gasteiger partial charge in [0.2, 0.25) is 0 Å². The summed E-state index contributed by atoms with van der Waals surface area (Å²) in [5, 5.41) is 27.8. The highest BCUT2D eigenvalue weighted by Gasteiger charge is 2.13. The molecule has 3 N–H and O–H groups in total. The highest BCUT2D eigenvalue weighted by atomic mass is 16.3. The van der Waals surface area contributed by atoms with Crippen molar-refractivity contribution < 1.29 is 15.3 Å². The Balaban J connectivity index is 3.11. The van der Waals surface area contributed by atoms with E-state index < -0.39 is 5.75 Å². The molecule has 3 nitrogen and oxygen atoms in total. The van der Waals surface area contributed by atoms with Crippen LogP contribution < -0.4 is 0 Å². The highest BCUT2D eigenvalue weighted by molar-refractivity contribution is 5.51. The molecule has 0 saturated heterocycles. The van der Waals surface area contributed by atoms with E-state index >= 15 is 0 Å². The first-order valence-corrected chi connectivity index (χ1v) is 4.84. The molecule has 0 unspecified atom stereocenters. The monoisotopic (exact) mass is 196 g/mol. The van der Waals surface area contributed by atoms with E-state index in [2.05, 4.69) is 13.8 Å². The fourth-order valence-corrected chi connectivity index (χ4v) is 1.62. The van der Waals surface area contributed by atoms with Crippen molar-refractivity contribution in [1.82, 2.24) is 0 Å². The van der Waals surface area contributed by atoms with Crippen molar-refractivity contribution in [3.05, 3.63) is 17.7 Å². The van der Waals surface area contributed by atoms with E-state index in [-0.39, 0.29) is 11.5 Å². The maximum absolute atomic E-state index is 9.31. The van der Waals surface area contributed by atoms with Crippen molar-refractivity contribution in [2.45, 2.75) is 32.6 Å². The molecule has 78 valence electrons. The summed E-state index contributed by atoms with van der Waals surface area (Å²) in [5.74, 6) is -0.647. The molecule has 0 saturated carbocycles. The lowest BCUT2D eigenvalue weighted by molar-refractivity contribution is 0.366. The largest absolute Gasteiger partial charge is 0.504 e. The number of benzene rings is 1. The number of aromatic hydroxyl groups is 3. The molecule has 0 bridgehead atoms. The lowest BCUT2D eigenvalue weighted by Crippen LogP contribution is -1.94. The molecular weight excluding hydrogens is 180 g/mol. The van der Waals surface area contributed by atoms with Crippen molar-refractivity contribution in [2.24, 2.45) is 0 Å². The quantitative estimate of drug-likeness (QED) is 0.651. The van der Waals surface area contributed by atoms with Gasteiger partial charge in [-0.3, -0.25) is 0 Å². The molecule has 0 heterocycles.